The molecule has 0 bridgehead atoms. The van der Waals surface area contributed by atoms with E-state index in [9.17, 15) is 9.59 Å². The predicted molar refractivity (Wildman–Crippen MR) is 72.4 cm³/mol. The zero-order valence-electron chi connectivity index (χ0n) is 9.28. The van der Waals surface area contributed by atoms with Crippen molar-refractivity contribution in [1.82, 2.24) is 10.2 Å². The van der Waals surface area contributed by atoms with Gasteiger partial charge in [-0.2, -0.15) is 0 Å². The maximum Gasteiger partial charge on any atom is 0.324 e. The molecule has 7 heteroatoms. The van der Waals surface area contributed by atoms with Gasteiger partial charge in [-0.05, 0) is 34.1 Å². The van der Waals surface area contributed by atoms with E-state index in [1.54, 1.807) is 6.07 Å². The molecule has 1 N–H and O–H groups in total. The molecule has 5 nitrogen and oxygen atoms in total. The third kappa shape index (κ3) is 3.02. The maximum absolute atomic E-state index is 11.7. The van der Waals surface area contributed by atoms with Crippen LogP contribution in [0.2, 0.25) is 0 Å². The zero-order valence-corrected chi connectivity index (χ0v) is 12.5. The second kappa shape index (κ2) is 5.71. The van der Waals surface area contributed by atoms with E-state index in [0.717, 1.165) is 13.8 Å². The van der Waals surface area contributed by atoms with Crippen LogP contribution in [0.25, 0.3) is 0 Å². The number of halogens is 2. The number of rotatable bonds is 3. The normalized spacial score (nSPS) is 14.6. The highest BCUT2D eigenvalue weighted by Crippen LogP contribution is 2.28. The average molecular weight is 378 g/mol. The minimum absolute atomic E-state index is 0.159. The monoisotopic (exact) mass is 376 g/mol. The maximum atomic E-state index is 11.7. The summed E-state index contributed by atoms with van der Waals surface area (Å²) < 4.78 is 7.03. The van der Waals surface area contributed by atoms with Crippen molar-refractivity contribution in [1.29, 1.82) is 0 Å². The van der Waals surface area contributed by atoms with Crippen LogP contribution in [0.3, 0.4) is 0 Å². The van der Waals surface area contributed by atoms with E-state index in [1.807, 2.05) is 12.1 Å². The molecular formula is C11H10Br2N2O3. The van der Waals surface area contributed by atoms with Crippen LogP contribution < -0.4 is 10.1 Å². The Bertz CT molecular complexity index is 493. The van der Waals surface area contributed by atoms with Gasteiger partial charge in [-0.3, -0.25) is 9.69 Å². The van der Waals surface area contributed by atoms with E-state index >= 15 is 0 Å². The number of hydrogen-bond donors (Lipinski definition) is 1. The van der Waals surface area contributed by atoms with Gasteiger partial charge in [0.15, 0.2) is 6.61 Å². The van der Waals surface area contributed by atoms with Crippen molar-refractivity contribution in [2.45, 2.75) is 0 Å². The molecule has 96 valence electrons. The summed E-state index contributed by atoms with van der Waals surface area (Å²) in [6, 6.07) is 5.01. The summed E-state index contributed by atoms with van der Waals surface area (Å²) in [6.07, 6.45) is 0. The smallest absolute Gasteiger partial charge is 0.324 e. The van der Waals surface area contributed by atoms with Gasteiger partial charge in [0.2, 0.25) is 0 Å². The Labute approximate surface area is 121 Å². The summed E-state index contributed by atoms with van der Waals surface area (Å²) in [5, 5.41) is 2.56. The number of amides is 3. The molecule has 1 aliphatic rings. The molecule has 0 atom stereocenters. The fourth-order valence-corrected chi connectivity index (χ4v) is 2.68. The first-order valence-electron chi connectivity index (χ1n) is 5.24. The van der Waals surface area contributed by atoms with Gasteiger partial charge >= 0.3 is 6.03 Å². The van der Waals surface area contributed by atoms with Crippen molar-refractivity contribution in [3.8, 4) is 5.75 Å². The number of carbonyl (C=O) groups excluding carboxylic acids is 2. The SMILES string of the molecule is O=C(COc1ccc(Br)cc1Br)N1CCNC1=O. The molecule has 1 saturated heterocycles. The number of ether oxygens (including phenoxy) is 1. The molecule has 1 fully saturated rings. The van der Waals surface area contributed by atoms with Gasteiger partial charge in [0.1, 0.15) is 5.75 Å². The molecule has 1 aromatic rings. The highest BCUT2D eigenvalue weighted by molar-refractivity contribution is 9.11. The number of urea groups is 1. The molecule has 3 amide bonds. The van der Waals surface area contributed by atoms with Crippen LogP contribution >= 0.6 is 31.9 Å². The number of imide groups is 1. The minimum Gasteiger partial charge on any atom is -0.483 e. The number of hydrogen-bond acceptors (Lipinski definition) is 3. The average Bonchev–Trinajstić information content (AvgIpc) is 2.74. The van der Waals surface area contributed by atoms with Gasteiger partial charge in [0.25, 0.3) is 5.91 Å². The standard InChI is InChI=1S/C11H10Br2N2O3/c12-7-1-2-9(8(13)5-7)18-6-10(16)15-4-3-14-11(15)17/h1-2,5H,3-4,6H2,(H,14,17). The minimum atomic E-state index is -0.363. The Kier molecular flexibility index (Phi) is 4.23. The first kappa shape index (κ1) is 13.4. The van der Waals surface area contributed by atoms with Crippen molar-refractivity contribution in [3.05, 3.63) is 27.1 Å². The number of carbonyl (C=O) groups is 2. The molecule has 0 radical (unpaired) electrons. The van der Waals surface area contributed by atoms with Gasteiger partial charge in [0, 0.05) is 17.6 Å². The summed E-state index contributed by atoms with van der Waals surface area (Å²) in [5.74, 6) is 0.214. The number of benzene rings is 1. The van der Waals surface area contributed by atoms with E-state index in [4.69, 9.17) is 4.74 Å². The molecule has 1 aliphatic heterocycles. The van der Waals surface area contributed by atoms with Crippen LogP contribution in [-0.4, -0.2) is 36.5 Å². The lowest BCUT2D eigenvalue weighted by atomic mass is 10.3. The summed E-state index contributed by atoms with van der Waals surface area (Å²) >= 11 is 6.66. The number of nitrogens with zero attached hydrogens (tertiary/aromatic N) is 1. The van der Waals surface area contributed by atoms with Crippen LogP contribution in [0.1, 0.15) is 0 Å². The Balaban J connectivity index is 1.95. The Morgan fingerprint density at radius 1 is 1.44 bits per heavy atom. The molecular weight excluding hydrogens is 368 g/mol. The van der Waals surface area contributed by atoms with Crippen molar-refractivity contribution in [3.63, 3.8) is 0 Å². The molecule has 0 aromatic heterocycles. The summed E-state index contributed by atoms with van der Waals surface area (Å²) in [7, 11) is 0. The quantitative estimate of drug-likeness (QED) is 0.877. The Morgan fingerprint density at radius 2 is 2.22 bits per heavy atom. The second-order valence-electron chi connectivity index (χ2n) is 3.64. The molecule has 0 saturated carbocycles. The van der Waals surface area contributed by atoms with E-state index in [1.165, 1.54) is 0 Å². The molecule has 1 heterocycles. The van der Waals surface area contributed by atoms with Crippen LogP contribution in [-0.2, 0) is 4.79 Å². The van der Waals surface area contributed by atoms with Gasteiger partial charge in [-0.25, -0.2) is 4.79 Å². The third-order valence-corrected chi connectivity index (χ3v) is 3.52. The lowest BCUT2D eigenvalue weighted by Crippen LogP contribution is -2.37. The summed E-state index contributed by atoms with van der Waals surface area (Å²) in [6.45, 7) is 0.725. The Morgan fingerprint density at radius 3 is 2.83 bits per heavy atom. The highest BCUT2D eigenvalue weighted by Gasteiger charge is 2.26. The second-order valence-corrected chi connectivity index (χ2v) is 5.41. The zero-order chi connectivity index (χ0) is 13.1. The molecule has 0 spiro atoms. The molecule has 0 unspecified atom stereocenters. The van der Waals surface area contributed by atoms with Crippen LogP contribution in [0, 0.1) is 0 Å². The topological polar surface area (TPSA) is 58.6 Å². The first-order valence-corrected chi connectivity index (χ1v) is 6.82. The lowest BCUT2D eigenvalue weighted by molar-refractivity contribution is -0.129. The molecule has 1 aromatic carbocycles. The fraction of sp³-hybridized carbons (Fsp3) is 0.273. The van der Waals surface area contributed by atoms with Gasteiger partial charge in [0.05, 0.1) is 4.47 Å². The van der Waals surface area contributed by atoms with Gasteiger partial charge in [-0.1, -0.05) is 15.9 Å². The van der Waals surface area contributed by atoms with Crippen LogP contribution in [0.4, 0.5) is 4.79 Å². The first-order chi connectivity index (χ1) is 8.58. The van der Waals surface area contributed by atoms with Crippen molar-refractivity contribution >= 4 is 43.8 Å². The Hall–Kier alpha value is -1.08. The van der Waals surface area contributed by atoms with Crippen LogP contribution in [0.15, 0.2) is 27.1 Å². The van der Waals surface area contributed by atoms with E-state index < -0.39 is 0 Å². The van der Waals surface area contributed by atoms with E-state index in [2.05, 4.69) is 37.2 Å². The largest absolute Gasteiger partial charge is 0.483 e. The van der Waals surface area contributed by atoms with Gasteiger partial charge in [-0.15, -0.1) is 0 Å². The van der Waals surface area contributed by atoms with E-state index in [-0.39, 0.29) is 18.5 Å². The van der Waals surface area contributed by atoms with Crippen LogP contribution in [0.5, 0.6) is 5.75 Å². The lowest BCUT2D eigenvalue weighted by Gasteiger charge is -2.13. The van der Waals surface area contributed by atoms with Gasteiger partial charge < -0.3 is 10.1 Å². The van der Waals surface area contributed by atoms with Crippen molar-refractivity contribution in [2.75, 3.05) is 19.7 Å². The highest BCUT2D eigenvalue weighted by atomic mass is 79.9. The van der Waals surface area contributed by atoms with E-state index in [0.29, 0.717) is 18.8 Å². The third-order valence-electron chi connectivity index (χ3n) is 2.40. The summed E-state index contributed by atoms with van der Waals surface area (Å²) in [5.41, 5.74) is 0. The van der Waals surface area contributed by atoms with Crippen molar-refractivity contribution < 1.29 is 14.3 Å². The number of nitrogens with one attached hydrogen (secondary N) is 1. The summed E-state index contributed by atoms with van der Waals surface area (Å²) in [4.78, 5) is 24.1. The molecule has 0 aliphatic carbocycles. The predicted octanol–water partition coefficient (Wildman–Crippen LogP) is 2.14. The fourth-order valence-electron chi connectivity index (χ4n) is 1.52. The van der Waals surface area contributed by atoms with Crippen molar-refractivity contribution in [2.24, 2.45) is 0 Å². The molecule has 2 rings (SSSR count). The molecule has 18 heavy (non-hydrogen) atoms.